The topological polar surface area (TPSA) is 61.2 Å². The molecule has 4 nitrogen and oxygen atoms in total. The molecule has 1 aromatic carbocycles. The van der Waals surface area contributed by atoms with Crippen LogP contribution in [0.3, 0.4) is 0 Å². The fraction of sp³-hybridized carbons (Fsp3) is 0.462. The summed E-state index contributed by atoms with van der Waals surface area (Å²) in [4.78, 5) is 11.6. The molecule has 2 aromatic rings. The van der Waals surface area contributed by atoms with Crippen molar-refractivity contribution >= 4 is 11.1 Å². The fourth-order valence-electron chi connectivity index (χ4n) is 2.32. The van der Waals surface area contributed by atoms with Gasteiger partial charge in [0.1, 0.15) is 0 Å². The standard InChI is InChI=1S/C13H16N2O2/c1-2-15-10-6-5-9(12(14)8-3-4-8)7-11(10)17-13(15)16/h5-8,12H,2-4,14H2,1H3. The highest BCUT2D eigenvalue weighted by molar-refractivity contribution is 5.74. The van der Waals surface area contributed by atoms with Crippen LogP contribution in [0.15, 0.2) is 27.4 Å². The minimum Gasteiger partial charge on any atom is -0.408 e. The van der Waals surface area contributed by atoms with Crippen LogP contribution in [-0.4, -0.2) is 4.57 Å². The molecule has 1 unspecified atom stereocenters. The molecule has 17 heavy (non-hydrogen) atoms. The predicted octanol–water partition coefficient (Wildman–Crippen LogP) is 2.02. The van der Waals surface area contributed by atoms with Gasteiger partial charge in [-0.05, 0) is 43.4 Å². The fourth-order valence-corrected chi connectivity index (χ4v) is 2.32. The summed E-state index contributed by atoms with van der Waals surface area (Å²) in [5.41, 5.74) is 8.70. The molecule has 1 aliphatic rings. The molecular formula is C13H16N2O2. The third-order valence-corrected chi connectivity index (χ3v) is 3.52. The quantitative estimate of drug-likeness (QED) is 0.880. The first-order valence-electron chi connectivity index (χ1n) is 6.09. The Morgan fingerprint density at radius 2 is 2.29 bits per heavy atom. The summed E-state index contributed by atoms with van der Waals surface area (Å²) < 4.78 is 6.86. The first-order valence-corrected chi connectivity index (χ1v) is 6.09. The minimum absolute atomic E-state index is 0.0784. The van der Waals surface area contributed by atoms with E-state index >= 15 is 0 Å². The van der Waals surface area contributed by atoms with E-state index in [0.29, 0.717) is 18.0 Å². The van der Waals surface area contributed by atoms with E-state index < -0.39 is 0 Å². The van der Waals surface area contributed by atoms with Gasteiger partial charge in [-0.25, -0.2) is 4.79 Å². The number of rotatable bonds is 3. The zero-order chi connectivity index (χ0) is 12.0. The lowest BCUT2D eigenvalue weighted by Crippen LogP contribution is -2.12. The molecule has 1 aromatic heterocycles. The Morgan fingerprint density at radius 3 is 2.94 bits per heavy atom. The van der Waals surface area contributed by atoms with Gasteiger partial charge in [0.2, 0.25) is 0 Å². The smallest absolute Gasteiger partial charge is 0.408 e. The predicted molar refractivity (Wildman–Crippen MR) is 65.8 cm³/mol. The zero-order valence-corrected chi connectivity index (χ0v) is 9.85. The lowest BCUT2D eigenvalue weighted by Gasteiger charge is -2.09. The molecule has 90 valence electrons. The van der Waals surface area contributed by atoms with Crippen molar-refractivity contribution in [2.24, 2.45) is 11.7 Å². The van der Waals surface area contributed by atoms with Crippen LogP contribution in [-0.2, 0) is 6.54 Å². The van der Waals surface area contributed by atoms with Gasteiger partial charge in [0.15, 0.2) is 5.58 Å². The molecule has 0 aliphatic heterocycles. The maximum atomic E-state index is 11.6. The van der Waals surface area contributed by atoms with Crippen molar-refractivity contribution in [3.05, 3.63) is 34.3 Å². The number of fused-ring (bicyclic) bond motifs is 1. The molecule has 1 saturated carbocycles. The molecular weight excluding hydrogens is 216 g/mol. The van der Waals surface area contributed by atoms with Gasteiger partial charge >= 0.3 is 5.76 Å². The lowest BCUT2D eigenvalue weighted by atomic mass is 10.0. The van der Waals surface area contributed by atoms with Crippen LogP contribution in [0.2, 0.25) is 0 Å². The molecule has 0 saturated heterocycles. The molecule has 0 spiro atoms. The van der Waals surface area contributed by atoms with Crippen LogP contribution in [0, 0.1) is 5.92 Å². The summed E-state index contributed by atoms with van der Waals surface area (Å²) in [6.07, 6.45) is 2.41. The zero-order valence-electron chi connectivity index (χ0n) is 9.85. The average molecular weight is 232 g/mol. The molecule has 2 N–H and O–H groups in total. The highest BCUT2D eigenvalue weighted by Crippen LogP contribution is 2.39. The Balaban J connectivity index is 2.10. The molecule has 0 amide bonds. The average Bonchev–Trinajstić information content (AvgIpc) is 3.10. The first-order chi connectivity index (χ1) is 8.20. The summed E-state index contributed by atoms with van der Waals surface area (Å²) >= 11 is 0. The highest BCUT2D eigenvalue weighted by atomic mass is 16.4. The normalized spacial score (nSPS) is 17.5. The first kappa shape index (κ1) is 10.6. The van der Waals surface area contributed by atoms with Crippen LogP contribution in [0.4, 0.5) is 0 Å². The summed E-state index contributed by atoms with van der Waals surface area (Å²) in [5.74, 6) is 0.312. The van der Waals surface area contributed by atoms with Gasteiger partial charge in [0, 0.05) is 12.6 Å². The maximum absolute atomic E-state index is 11.6. The molecule has 1 heterocycles. The van der Waals surface area contributed by atoms with Crippen LogP contribution >= 0.6 is 0 Å². The molecule has 1 atom stereocenters. The van der Waals surface area contributed by atoms with Crippen LogP contribution in [0.25, 0.3) is 11.1 Å². The second-order valence-electron chi connectivity index (χ2n) is 4.70. The van der Waals surface area contributed by atoms with E-state index in [9.17, 15) is 4.79 Å². The Hall–Kier alpha value is -1.55. The van der Waals surface area contributed by atoms with Crippen molar-refractivity contribution in [3.63, 3.8) is 0 Å². The number of hydrogen-bond acceptors (Lipinski definition) is 3. The van der Waals surface area contributed by atoms with Crippen molar-refractivity contribution < 1.29 is 4.42 Å². The second-order valence-corrected chi connectivity index (χ2v) is 4.70. The number of nitrogens with zero attached hydrogens (tertiary/aromatic N) is 1. The van der Waals surface area contributed by atoms with Crippen molar-refractivity contribution in [1.29, 1.82) is 0 Å². The molecule has 3 rings (SSSR count). The van der Waals surface area contributed by atoms with Crippen molar-refractivity contribution in [2.75, 3.05) is 0 Å². The number of oxazole rings is 1. The van der Waals surface area contributed by atoms with Gasteiger partial charge in [-0.15, -0.1) is 0 Å². The van der Waals surface area contributed by atoms with Gasteiger partial charge in [0.25, 0.3) is 0 Å². The van der Waals surface area contributed by atoms with Crippen molar-refractivity contribution in [1.82, 2.24) is 4.57 Å². The van der Waals surface area contributed by atoms with Crippen molar-refractivity contribution in [2.45, 2.75) is 32.4 Å². The monoisotopic (exact) mass is 232 g/mol. The molecule has 1 aliphatic carbocycles. The van der Waals surface area contributed by atoms with Crippen LogP contribution in [0.5, 0.6) is 0 Å². The number of benzene rings is 1. The van der Waals surface area contributed by atoms with Gasteiger partial charge < -0.3 is 10.2 Å². The summed E-state index contributed by atoms with van der Waals surface area (Å²) in [6.45, 7) is 2.56. The Bertz CT molecular complexity index is 607. The summed E-state index contributed by atoms with van der Waals surface area (Å²) in [6, 6.07) is 5.93. The highest BCUT2D eigenvalue weighted by Gasteiger charge is 2.29. The van der Waals surface area contributed by atoms with E-state index in [1.54, 1.807) is 4.57 Å². The maximum Gasteiger partial charge on any atom is 0.419 e. The van der Waals surface area contributed by atoms with Crippen molar-refractivity contribution in [3.8, 4) is 0 Å². The third-order valence-electron chi connectivity index (χ3n) is 3.52. The Labute approximate surface area is 99.0 Å². The number of aromatic nitrogens is 1. The number of nitrogens with two attached hydrogens (primary N) is 1. The largest absolute Gasteiger partial charge is 0.419 e. The van der Waals surface area contributed by atoms with E-state index in [0.717, 1.165) is 11.1 Å². The Kier molecular flexibility index (Phi) is 2.33. The molecule has 0 bridgehead atoms. The number of aryl methyl sites for hydroxylation is 1. The SMILES string of the molecule is CCn1c(=O)oc2cc(C(N)C3CC3)ccc21. The second kappa shape index (κ2) is 3.74. The molecule has 1 fully saturated rings. The molecule has 0 radical (unpaired) electrons. The van der Waals surface area contributed by atoms with E-state index in [-0.39, 0.29) is 11.8 Å². The molecule has 4 heteroatoms. The van der Waals surface area contributed by atoms with Gasteiger partial charge in [0.05, 0.1) is 5.52 Å². The van der Waals surface area contributed by atoms with E-state index in [1.807, 2.05) is 25.1 Å². The third kappa shape index (κ3) is 1.69. The van der Waals surface area contributed by atoms with Gasteiger partial charge in [-0.2, -0.15) is 0 Å². The van der Waals surface area contributed by atoms with E-state index in [1.165, 1.54) is 12.8 Å². The van der Waals surface area contributed by atoms with Crippen LogP contribution < -0.4 is 11.5 Å². The van der Waals surface area contributed by atoms with E-state index in [4.69, 9.17) is 10.2 Å². The number of hydrogen-bond donors (Lipinski definition) is 1. The minimum atomic E-state index is -0.292. The van der Waals surface area contributed by atoms with E-state index in [2.05, 4.69) is 0 Å². The van der Waals surface area contributed by atoms with Gasteiger partial charge in [-0.3, -0.25) is 4.57 Å². The van der Waals surface area contributed by atoms with Gasteiger partial charge in [-0.1, -0.05) is 6.07 Å². The Morgan fingerprint density at radius 1 is 1.53 bits per heavy atom. The lowest BCUT2D eigenvalue weighted by molar-refractivity contribution is 0.512. The summed E-state index contributed by atoms with van der Waals surface area (Å²) in [5, 5.41) is 0. The van der Waals surface area contributed by atoms with Crippen LogP contribution in [0.1, 0.15) is 31.4 Å². The summed E-state index contributed by atoms with van der Waals surface area (Å²) in [7, 11) is 0.